The summed E-state index contributed by atoms with van der Waals surface area (Å²) in [6.45, 7) is 1.68. The lowest BCUT2D eigenvalue weighted by molar-refractivity contribution is -0.114. The molecule has 0 saturated carbocycles. The van der Waals surface area contributed by atoms with Gasteiger partial charge in [0.15, 0.2) is 0 Å². The van der Waals surface area contributed by atoms with Gasteiger partial charge in [-0.1, -0.05) is 42.8 Å². The molecule has 0 bridgehead atoms. The van der Waals surface area contributed by atoms with Crippen LogP contribution in [0.2, 0.25) is 5.02 Å². The van der Waals surface area contributed by atoms with Crippen LogP contribution in [0, 0.1) is 0 Å². The molecule has 0 atom stereocenters. The number of carbonyl (C=O) groups is 1. The van der Waals surface area contributed by atoms with Gasteiger partial charge in [0.1, 0.15) is 12.3 Å². The Hall–Kier alpha value is -3.03. The molecule has 0 fully saturated rings. The van der Waals surface area contributed by atoms with Crippen molar-refractivity contribution in [3.63, 3.8) is 0 Å². The number of methoxy groups -OCH3 is 1. The fourth-order valence-corrected chi connectivity index (χ4v) is 5.55. The standard InChI is InChI=1S/C23H21ClN2O4S/c1-3-15-8-10-20-18(12-15)17-6-4-5-7-22(17)31(28,29)26(20)14-23(27)25-16-9-11-21(30-2)19(24)13-16/h4-13H,3,14H2,1-2H3,(H,25,27). The van der Waals surface area contributed by atoms with E-state index in [2.05, 4.69) is 5.32 Å². The van der Waals surface area contributed by atoms with Crippen molar-refractivity contribution in [2.45, 2.75) is 18.2 Å². The van der Waals surface area contributed by atoms with Crippen molar-refractivity contribution in [2.24, 2.45) is 0 Å². The molecule has 1 aliphatic heterocycles. The third kappa shape index (κ3) is 3.86. The van der Waals surface area contributed by atoms with Gasteiger partial charge in [-0.25, -0.2) is 8.42 Å². The number of benzene rings is 3. The first kappa shape index (κ1) is 21.2. The zero-order valence-electron chi connectivity index (χ0n) is 17.1. The number of rotatable bonds is 5. The van der Waals surface area contributed by atoms with Crippen LogP contribution >= 0.6 is 11.6 Å². The predicted molar refractivity (Wildman–Crippen MR) is 122 cm³/mol. The molecule has 3 aromatic carbocycles. The van der Waals surface area contributed by atoms with Gasteiger partial charge >= 0.3 is 0 Å². The predicted octanol–water partition coefficient (Wildman–Crippen LogP) is 4.73. The number of nitrogens with zero attached hydrogens (tertiary/aromatic N) is 1. The maximum Gasteiger partial charge on any atom is 0.265 e. The average molecular weight is 457 g/mol. The normalized spacial score (nSPS) is 13.8. The van der Waals surface area contributed by atoms with Crippen LogP contribution < -0.4 is 14.4 Å². The van der Waals surface area contributed by atoms with Crippen LogP contribution in [-0.2, 0) is 21.2 Å². The molecule has 1 aliphatic rings. The molecule has 0 spiro atoms. The Morgan fingerprint density at radius 3 is 2.55 bits per heavy atom. The van der Waals surface area contributed by atoms with Crippen LogP contribution in [-0.4, -0.2) is 28.0 Å². The molecule has 4 rings (SSSR count). The quantitative estimate of drug-likeness (QED) is 0.602. The Labute approximate surface area is 186 Å². The van der Waals surface area contributed by atoms with Crippen molar-refractivity contribution >= 4 is 38.9 Å². The second kappa shape index (κ2) is 8.24. The number of aryl methyl sites for hydroxylation is 1. The van der Waals surface area contributed by atoms with E-state index in [1.807, 2.05) is 25.1 Å². The van der Waals surface area contributed by atoms with E-state index in [1.54, 1.807) is 42.5 Å². The number of ether oxygens (including phenoxy) is 1. The Kier molecular flexibility index (Phi) is 5.64. The first-order valence-electron chi connectivity index (χ1n) is 9.73. The Balaban J connectivity index is 1.70. The van der Waals surface area contributed by atoms with Gasteiger partial charge in [-0.2, -0.15) is 0 Å². The van der Waals surface area contributed by atoms with Gasteiger partial charge in [-0.15, -0.1) is 0 Å². The minimum atomic E-state index is -3.90. The highest BCUT2D eigenvalue weighted by atomic mass is 35.5. The highest BCUT2D eigenvalue weighted by Gasteiger charge is 2.35. The lowest BCUT2D eigenvalue weighted by atomic mass is 9.99. The van der Waals surface area contributed by atoms with Crippen LogP contribution in [0.5, 0.6) is 5.75 Å². The Bertz CT molecular complexity index is 1270. The molecular weight excluding hydrogens is 436 g/mol. The molecule has 0 saturated heterocycles. The molecule has 0 aromatic heterocycles. The van der Waals surface area contributed by atoms with E-state index in [0.717, 1.165) is 21.9 Å². The molecule has 8 heteroatoms. The topological polar surface area (TPSA) is 75.7 Å². The maximum absolute atomic E-state index is 13.4. The summed E-state index contributed by atoms with van der Waals surface area (Å²) in [5, 5.41) is 3.06. The van der Waals surface area contributed by atoms with E-state index in [9.17, 15) is 13.2 Å². The summed E-state index contributed by atoms with van der Waals surface area (Å²) in [6.07, 6.45) is 0.820. The summed E-state index contributed by atoms with van der Waals surface area (Å²) in [5.74, 6) is 0.00486. The molecule has 0 unspecified atom stereocenters. The summed E-state index contributed by atoms with van der Waals surface area (Å²) < 4.78 is 33.0. The van der Waals surface area contributed by atoms with Crippen LogP contribution in [0.1, 0.15) is 12.5 Å². The monoisotopic (exact) mass is 456 g/mol. The molecule has 160 valence electrons. The minimum absolute atomic E-state index is 0.191. The molecule has 31 heavy (non-hydrogen) atoms. The van der Waals surface area contributed by atoms with E-state index in [1.165, 1.54) is 7.11 Å². The summed E-state index contributed by atoms with van der Waals surface area (Å²) in [6, 6.07) is 17.3. The number of sulfonamides is 1. The molecule has 0 radical (unpaired) electrons. The summed E-state index contributed by atoms with van der Waals surface area (Å²) in [5.41, 5.74) is 3.47. The molecule has 1 amide bonds. The molecule has 1 N–H and O–H groups in total. The molecular formula is C23H21ClN2O4S. The third-order valence-corrected chi connectivity index (χ3v) is 7.32. The first-order chi connectivity index (χ1) is 14.8. The third-order valence-electron chi connectivity index (χ3n) is 5.21. The molecule has 1 heterocycles. The largest absolute Gasteiger partial charge is 0.495 e. The molecule has 0 aliphatic carbocycles. The van der Waals surface area contributed by atoms with Crippen molar-refractivity contribution < 1.29 is 17.9 Å². The number of amides is 1. The maximum atomic E-state index is 13.4. The van der Waals surface area contributed by atoms with Gasteiger partial charge in [-0.3, -0.25) is 9.10 Å². The lowest BCUT2D eigenvalue weighted by Crippen LogP contribution is -2.40. The van der Waals surface area contributed by atoms with Crippen molar-refractivity contribution in [1.29, 1.82) is 0 Å². The van der Waals surface area contributed by atoms with Crippen LogP contribution in [0.15, 0.2) is 65.6 Å². The van der Waals surface area contributed by atoms with Crippen molar-refractivity contribution in [1.82, 2.24) is 0 Å². The van der Waals surface area contributed by atoms with E-state index in [0.29, 0.717) is 27.7 Å². The number of nitrogens with one attached hydrogen (secondary N) is 1. The van der Waals surface area contributed by atoms with Crippen LogP contribution in [0.4, 0.5) is 11.4 Å². The van der Waals surface area contributed by atoms with Gasteiger partial charge in [0.2, 0.25) is 5.91 Å². The zero-order valence-corrected chi connectivity index (χ0v) is 18.6. The molecule has 3 aromatic rings. The van der Waals surface area contributed by atoms with E-state index < -0.39 is 15.9 Å². The fourth-order valence-electron chi connectivity index (χ4n) is 3.64. The first-order valence-corrected chi connectivity index (χ1v) is 11.6. The number of halogens is 1. The van der Waals surface area contributed by atoms with Crippen LogP contribution in [0.3, 0.4) is 0 Å². The van der Waals surface area contributed by atoms with Gasteiger partial charge < -0.3 is 10.1 Å². The van der Waals surface area contributed by atoms with Crippen LogP contribution in [0.25, 0.3) is 11.1 Å². The zero-order chi connectivity index (χ0) is 22.2. The highest BCUT2D eigenvalue weighted by molar-refractivity contribution is 7.93. The number of anilines is 2. The van der Waals surface area contributed by atoms with E-state index in [4.69, 9.17) is 16.3 Å². The highest BCUT2D eigenvalue weighted by Crippen LogP contribution is 2.43. The van der Waals surface area contributed by atoms with Gasteiger partial charge in [-0.05, 0) is 48.4 Å². The SMILES string of the molecule is CCc1ccc2c(c1)-c1ccccc1S(=O)(=O)N2CC(=O)Nc1ccc(OC)c(Cl)c1. The molecule has 6 nitrogen and oxygen atoms in total. The van der Waals surface area contributed by atoms with Gasteiger partial charge in [0.05, 0.1) is 22.7 Å². The summed E-state index contributed by atoms with van der Waals surface area (Å²) in [7, 11) is -2.40. The number of carbonyl (C=O) groups excluding carboxylic acids is 1. The minimum Gasteiger partial charge on any atom is -0.495 e. The number of fused-ring (bicyclic) bond motifs is 3. The Morgan fingerprint density at radius 1 is 1.06 bits per heavy atom. The summed E-state index contributed by atoms with van der Waals surface area (Å²) >= 11 is 6.12. The van der Waals surface area contributed by atoms with Crippen molar-refractivity contribution in [3.8, 4) is 16.9 Å². The fraction of sp³-hybridized carbons (Fsp3) is 0.174. The second-order valence-corrected chi connectivity index (χ2v) is 9.35. The van der Waals surface area contributed by atoms with Gasteiger partial charge in [0.25, 0.3) is 10.0 Å². The number of hydrogen-bond donors (Lipinski definition) is 1. The van der Waals surface area contributed by atoms with E-state index in [-0.39, 0.29) is 11.4 Å². The second-order valence-electron chi connectivity index (χ2n) is 7.11. The van der Waals surface area contributed by atoms with Gasteiger partial charge in [0, 0.05) is 16.8 Å². The average Bonchev–Trinajstić information content (AvgIpc) is 2.76. The van der Waals surface area contributed by atoms with E-state index >= 15 is 0 Å². The Morgan fingerprint density at radius 2 is 1.84 bits per heavy atom. The smallest absolute Gasteiger partial charge is 0.265 e. The van der Waals surface area contributed by atoms with Crippen molar-refractivity contribution in [3.05, 3.63) is 71.2 Å². The number of hydrogen-bond acceptors (Lipinski definition) is 4. The lowest BCUT2D eigenvalue weighted by Gasteiger charge is -2.32. The van der Waals surface area contributed by atoms with Crippen molar-refractivity contribution in [2.75, 3.05) is 23.3 Å². The summed E-state index contributed by atoms with van der Waals surface area (Å²) in [4.78, 5) is 13.0.